The third-order valence-electron chi connectivity index (χ3n) is 5.97. The number of halogens is 2. The number of nitrogens with zero attached hydrogens (tertiary/aromatic N) is 2. The number of amides is 1. The second kappa shape index (κ2) is 7.60. The summed E-state index contributed by atoms with van der Waals surface area (Å²) < 4.78 is 58.3. The number of hydrogen-bond donors (Lipinski definition) is 1. The Balaban J connectivity index is 1.46. The van der Waals surface area contributed by atoms with Crippen molar-refractivity contribution >= 4 is 21.6 Å². The molecule has 3 aromatic rings. The van der Waals surface area contributed by atoms with Gasteiger partial charge in [-0.2, -0.15) is 0 Å². The molecule has 2 N–H and O–H groups in total. The highest BCUT2D eigenvalue weighted by Crippen LogP contribution is 2.41. The lowest BCUT2D eigenvalue weighted by Crippen LogP contribution is -2.40. The van der Waals surface area contributed by atoms with E-state index in [9.17, 15) is 22.0 Å². The molecule has 170 valence electrons. The van der Waals surface area contributed by atoms with Crippen LogP contribution in [0, 0.1) is 11.6 Å². The van der Waals surface area contributed by atoms with Crippen LogP contribution in [0.25, 0.3) is 11.3 Å². The summed E-state index contributed by atoms with van der Waals surface area (Å²) in [5.74, 6) is -1.86. The summed E-state index contributed by atoms with van der Waals surface area (Å²) in [5.41, 5.74) is 2.21. The van der Waals surface area contributed by atoms with Gasteiger partial charge < -0.3 is 9.64 Å². The third-order valence-corrected chi connectivity index (χ3v) is 6.90. The van der Waals surface area contributed by atoms with E-state index in [2.05, 4.69) is 4.98 Å². The van der Waals surface area contributed by atoms with E-state index in [-0.39, 0.29) is 30.3 Å². The molecule has 7 nitrogen and oxygen atoms in total. The summed E-state index contributed by atoms with van der Waals surface area (Å²) >= 11 is 0. The molecule has 2 aliphatic rings. The molecule has 1 amide bonds. The van der Waals surface area contributed by atoms with Crippen molar-refractivity contribution in [2.75, 3.05) is 11.4 Å². The quantitative estimate of drug-likeness (QED) is 0.632. The maximum Gasteiger partial charge on any atom is 0.268 e. The summed E-state index contributed by atoms with van der Waals surface area (Å²) in [7, 11) is -4.31. The molecule has 0 saturated carbocycles. The lowest BCUT2D eigenvalue weighted by Gasteiger charge is -2.21. The Kier molecular flexibility index (Phi) is 4.95. The first-order chi connectivity index (χ1) is 15.6. The van der Waals surface area contributed by atoms with Gasteiger partial charge >= 0.3 is 0 Å². The molecule has 3 heterocycles. The van der Waals surface area contributed by atoms with E-state index in [4.69, 9.17) is 9.88 Å². The number of carbonyl (C=O) groups excluding carboxylic acids is 1. The van der Waals surface area contributed by atoms with Crippen molar-refractivity contribution in [2.45, 2.75) is 30.3 Å². The van der Waals surface area contributed by atoms with Gasteiger partial charge in [-0.1, -0.05) is 13.0 Å². The average Bonchev–Trinajstić information content (AvgIpc) is 3.32. The van der Waals surface area contributed by atoms with Crippen molar-refractivity contribution in [3.8, 4) is 17.0 Å². The molecular formula is C23H19F2N3O4S. The number of nitrogens with two attached hydrogens (primary N) is 1. The van der Waals surface area contributed by atoms with E-state index in [1.165, 1.54) is 11.0 Å². The number of benzene rings is 2. The second-order valence-corrected chi connectivity index (χ2v) is 9.73. The highest BCUT2D eigenvalue weighted by Gasteiger charge is 2.39. The number of primary sulfonamides is 1. The molecule has 0 saturated heterocycles. The average molecular weight is 471 g/mol. The van der Waals surface area contributed by atoms with Gasteiger partial charge in [-0.15, -0.1) is 0 Å². The normalized spacial score (nSPS) is 19.2. The molecule has 0 bridgehead atoms. The Bertz CT molecular complexity index is 1400. The summed E-state index contributed by atoms with van der Waals surface area (Å²) in [6.45, 7) is 2.03. The van der Waals surface area contributed by atoms with Crippen molar-refractivity contribution < 1.29 is 26.7 Å². The van der Waals surface area contributed by atoms with E-state index in [1.54, 1.807) is 37.4 Å². The molecule has 10 heteroatoms. The van der Waals surface area contributed by atoms with E-state index in [0.717, 1.165) is 12.1 Å². The van der Waals surface area contributed by atoms with E-state index >= 15 is 0 Å². The van der Waals surface area contributed by atoms with Crippen LogP contribution in [0.4, 0.5) is 14.5 Å². The number of ether oxygens (including phenoxy) is 1. The minimum absolute atomic E-state index is 0.206. The highest BCUT2D eigenvalue weighted by molar-refractivity contribution is 7.89. The number of hydrogen-bond acceptors (Lipinski definition) is 5. The van der Waals surface area contributed by atoms with Crippen molar-refractivity contribution in [3.63, 3.8) is 0 Å². The lowest BCUT2D eigenvalue weighted by atomic mass is 10.0. The smallest absolute Gasteiger partial charge is 0.268 e. The molecule has 0 aliphatic carbocycles. The molecule has 0 fully saturated rings. The minimum Gasteiger partial charge on any atom is -0.480 e. The van der Waals surface area contributed by atoms with Crippen LogP contribution in [0.2, 0.25) is 0 Å². The summed E-state index contributed by atoms with van der Waals surface area (Å²) in [4.78, 5) is 18.2. The Hall–Kier alpha value is -3.37. The Morgan fingerprint density at radius 2 is 1.97 bits per heavy atom. The number of pyridine rings is 1. The maximum atomic E-state index is 14.7. The molecular weight excluding hydrogens is 452 g/mol. The van der Waals surface area contributed by atoms with Crippen LogP contribution in [0.15, 0.2) is 53.6 Å². The largest absolute Gasteiger partial charge is 0.480 e. The predicted molar refractivity (Wildman–Crippen MR) is 116 cm³/mol. The number of sulfonamides is 1. The molecule has 0 unspecified atom stereocenters. The van der Waals surface area contributed by atoms with E-state index < -0.39 is 38.6 Å². The Labute approximate surface area is 188 Å². The molecule has 0 radical (unpaired) electrons. The van der Waals surface area contributed by atoms with Gasteiger partial charge in [0.15, 0.2) is 6.10 Å². The van der Waals surface area contributed by atoms with E-state index in [1.807, 2.05) is 0 Å². The first kappa shape index (κ1) is 21.5. The van der Waals surface area contributed by atoms with Crippen LogP contribution < -0.4 is 14.8 Å². The van der Waals surface area contributed by atoms with Gasteiger partial charge in [0.1, 0.15) is 22.3 Å². The minimum atomic E-state index is -4.31. The fourth-order valence-electron chi connectivity index (χ4n) is 4.38. The van der Waals surface area contributed by atoms with E-state index in [0.29, 0.717) is 22.4 Å². The first-order valence-corrected chi connectivity index (χ1v) is 11.8. The zero-order valence-electron chi connectivity index (χ0n) is 17.5. The Morgan fingerprint density at radius 1 is 1.18 bits per heavy atom. The molecule has 1 aromatic heterocycles. The number of aromatic nitrogens is 1. The summed E-state index contributed by atoms with van der Waals surface area (Å²) in [5, 5.41) is 5.13. The van der Waals surface area contributed by atoms with Crippen LogP contribution in [0.5, 0.6) is 5.75 Å². The Morgan fingerprint density at radius 3 is 2.67 bits per heavy atom. The maximum absolute atomic E-state index is 14.7. The monoisotopic (exact) mass is 471 g/mol. The molecule has 5 rings (SSSR count). The topological polar surface area (TPSA) is 103 Å². The number of rotatable bonds is 3. The SMILES string of the molecule is C[C@@H]1CN(C(=O)[C@H]2Cc3cc(-c4ccccn4)c(F)cc3O2)c2cc(S(N)(=O)=O)c(F)cc21. The first-order valence-electron chi connectivity index (χ1n) is 10.2. The zero-order chi connectivity index (χ0) is 23.5. The van der Waals surface area contributed by atoms with Crippen LogP contribution in [-0.2, 0) is 21.2 Å². The van der Waals surface area contributed by atoms with Crippen molar-refractivity contribution in [1.29, 1.82) is 0 Å². The van der Waals surface area contributed by atoms with Gasteiger partial charge in [0.05, 0.1) is 5.69 Å². The molecule has 2 aliphatic heterocycles. The molecule has 0 spiro atoms. The lowest BCUT2D eigenvalue weighted by molar-refractivity contribution is -0.124. The van der Waals surface area contributed by atoms with Crippen molar-refractivity contribution in [1.82, 2.24) is 4.98 Å². The molecule has 2 atom stereocenters. The van der Waals surface area contributed by atoms with Gasteiger partial charge in [-0.3, -0.25) is 9.78 Å². The fourth-order valence-corrected chi connectivity index (χ4v) is 4.98. The van der Waals surface area contributed by atoms with Crippen molar-refractivity contribution in [3.05, 3.63) is 71.4 Å². The van der Waals surface area contributed by atoms with Gasteiger partial charge in [-0.25, -0.2) is 22.3 Å². The van der Waals surface area contributed by atoms with Gasteiger partial charge in [0.25, 0.3) is 5.91 Å². The zero-order valence-corrected chi connectivity index (χ0v) is 18.3. The van der Waals surface area contributed by atoms with Crippen LogP contribution >= 0.6 is 0 Å². The number of fused-ring (bicyclic) bond motifs is 2. The van der Waals surface area contributed by atoms with Gasteiger partial charge in [-0.05, 0) is 41.5 Å². The molecule has 2 aromatic carbocycles. The third kappa shape index (κ3) is 3.65. The number of anilines is 1. The highest BCUT2D eigenvalue weighted by atomic mass is 32.2. The fraction of sp³-hybridized carbons (Fsp3) is 0.217. The summed E-state index contributed by atoms with van der Waals surface area (Å²) in [6, 6.07) is 10.2. The van der Waals surface area contributed by atoms with Crippen LogP contribution in [-0.4, -0.2) is 32.0 Å². The standard InChI is InChI=1S/C23H19F2N3O4S/c1-12-11-28(19-10-22(33(26,30)31)17(25)8-14(12)19)23(29)21-7-13-6-15(16(24)9-20(13)32-21)18-4-2-3-5-27-18/h2-6,8-10,12,21H,7,11H2,1H3,(H2,26,30,31)/t12-,21-/m1/s1. The predicted octanol–water partition coefficient (Wildman–Crippen LogP) is 3.13. The van der Waals surface area contributed by atoms with Crippen LogP contribution in [0.1, 0.15) is 24.0 Å². The molecule has 33 heavy (non-hydrogen) atoms. The summed E-state index contributed by atoms with van der Waals surface area (Å²) in [6.07, 6.45) is 0.840. The second-order valence-electron chi connectivity index (χ2n) is 8.20. The van der Waals surface area contributed by atoms with Gasteiger partial charge in [0, 0.05) is 42.4 Å². The van der Waals surface area contributed by atoms with Gasteiger partial charge in [0.2, 0.25) is 10.0 Å². The van der Waals surface area contributed by atoms with Crippen molar-refractivity contribution in [2.24, 2.45) is 5.14 Å². The number of carbonyl (C=O) groups is 1. The van der Waals surface area contributed by atoms with Crippen LogP contribution in [0.3, 0.4) is 0 Å².